The summed E-state index contributed by atoms with van der Waals surface area (Å²) in [5.74, 6) is 1.84. The zero-order valence-corrected chi connectivity index (χ0v) is 17.0. The molecule has 0 unspecified atom stereocenters. The lowest BCUT2D eigenvalue weighted by molar-refractivity contribution is 0.0690. The van der Waals surface area contributed by atoms with Crippen LogP contribution < -0.4 is 0 Å². The van der Waals surface area contributed by atoms with Gasteiger partial charge in [-0.25, -0.2) is 0 Å². The van der Waals surface area contributed by atoms with Crippen molar-refractivity contribution in [2.45, 2.75) is 19.3 Å². The van der Waals surface area contributed by atoms with E-state index in [9.17, 15) is 4.79 Å². The molecule has 1 amide bonds. The van der Waals surface area contributed by atoms with Crippen LogP contribution in [0, 0.1) is 5.92 Å². The first-order valence-electron chi connectivity index (χ1n) is 10.00. The Morgan fingerprint density at radius 2 is 1.71 bits per heavy atom. The summed E-state index contributed by atoms with van der Waals surface area (Å²) in [4.78, 5) is 21.4. The normalized spacial score (nSPS) is 17.7. The lowest BCUT2D eigenvalue weighted by Gasteiger charge is -2.32. The summed E-state index contributed by atoms with van der Waals surface area (Å²) in [7, 11) is 2.10. The quantitative estimate of drug-likeness (QED) is 0.780. The summed E-state index contributed by atoms with van der Waals surface area (Å²) in [6.45, 7) is 3.54. The van der Waals surface area contributed by atoms with E-state index in [-0.39, 0.29) is 5.91 Å². The van der Waals surface area contributed by atoms with Crippen molar-refractivity contribution in [2.75, 3.05) is 33.2 Å². The first-order chi connectivity index (χ1) is 13.6. The van der Waals surface area contributed by atoms with E-state index >= 15 is 0 Å². The molecule has 0 bridgehead atoms. The number of carbonyl (C=O) groups is 1. The lowest BCUT2D eigenvalue weighted by atomic mass is 9.89. The molecule has 2 aromatic carbocycles. The molecule has 0 saturated carbocycles. The maximum Gasteiger partial charge on any atom is 0.253 e. The number of likely N-dealkylation sites (tertiary alicyclic amines) is 1. The molecule has 1 saturated heterocycles. The van der Waals surface area contributed by atoms with Crippen molar-refractivity contribution in [2.24, 2.45) is 10.9 Å². The highest BCUT2D eigenvalue weighted by molar-refractivity contribution is 6.30. The Labute approximate surface area is 171 Å². The van der Waals surface area contributed by atoms with Gasteiger partial charge in [0.1, 0.15) is 5.84 Å². The summed E-state index contributed by atoms with van der Waals surface area (Å²) in [5, 5.41) is 0.660. The van der Waals surface area contributed by atoms with Crippen molar-refractivity contribution >= 4 is 23.3 Å². The number of amides is 1. The number of rotatable bonds is 4. The van der Waals surface area contributed by atoms with Gasteiger partial charge in [0.2, 0.25) is 0 Å². The highest BCUT2D eigenvalue weighted by atomic mass is 35.5. The third-order valence-electron chi connectivity index (χ3n) is 5.79. The van der Waals surface area contributed by atoms with Crippen LogP contribution in [0.5, 0.6) is 0 Å². The van der Waals surface area contributed by atoms with Gasteiger partial charge in [-0.05, 0) is 55.0 Å². The molecule has 2 aliphatic heterocycles. The molecular formula is C23H26ClN3O. The SMILES string of the molecule is CN1CCN=C1c1ccc(CC2CCN(C(=O)c3ccc(Cl)cc3)CC2)cc1. The van der Waals surface area contributed by atoms with Gasteiger partial charge in [-0.1, -0.05) is 35.9 Å². The Balaban J connectivity index is 1.30. The van der Waals surface area contributed by atoms with Crippen LogP contribution in [0.25, 0.3) is 0 Å². The van der Waals surface area contributed by atoms with E-state index in [1.165, 1.54) is 11.1 Å². The van der Waals surface area contributed by atoms with Gasteiger partial charge < -0.3 is 9.80 Å². The molecule has 1 fully saturated rings. The van der Waals surface area contributed by atoms with E-state index in [4.69, 9.17) is 11.6 Å². The minimum absolute atomic E-state index is 0.112. The van der Waals surface area contributed by atoms with Crippen molar-refractivity contribution in [3.63, 3.8) is 0 Å². The van der Waals surface area contributed by atoms with Crippen LogP contribution in [0.1, 0.15) is 34.3 Å². The fourth-order valence-corrected chi connectivity index (χ4v) is 4.21. The second-order valence-corrected chi connectivity index (χ2v) is 8.21. The largest absolute Gasteiger partial charge is 0.358 e. The average molecular weight is 396 g/mol. The van der Waals surface area contributed by atoms with Crippen LogP contribution in [0.4, 0.5) is 0 Å². The molecular weight excluding hydrogens is 370 g/mol. The van der Waals surface area contributed by atoms with Crippen LogP contribution in [0.3, 0.4) is 0 Å². The predicted octanol–water partition coefficient (Wildman–Crippen LogP) is 4.13. The summed E-state index contributed by atoms with van der Waals surface area (Å²) in [6, 6.07) is 16.0. The topological polar surface area (TPSA) is 35.9 Å². The van der Waals surface area contributed by atoms with Crippen molar-refractivity contribution in [1.29, 1.82) is 0 Å². The third-order valence-corrected chi connectivity index (χ3v) is 6.04. The van der Waals surface area contributed by atoms with Gasteiger partial charge in [0, 0.05) is 42.8 Å². The second kappa shape index (κ2) is 8.36. The van der Waals surface area contributed by atoms with Crippen molar-refractivity contribution in [3.05, 3.63) is 70.2 Å². The van der Waals surface area contributed by atoms with Crippen LogP contribution in [0.15, 0.2) is 53.5 Å². The van der Waals surface area contributed by atoms with Crippen molar-refractivity contribution in [3.8, 4) is 0 Å². The Kier molecular flexibility index (Phi) is 5.67. The van der Waals surface area contributed by atoms with Gasteiger partial charge in [0.25, 0.3) is 5.91 Å². The number of halogens is 1. The maximum atomic E-state index is 12.6. The number of piperidine rings is 1. The fraction of sp³-hybridized carbons (Fsp3) is 0.391. The molecule has 0 radical (unpaired) electrons. The van der Waals surface area contributed by atoms with E-state index in [2.05, 4.69) is 41.2 Å². The van der Waals surface area contributed by atoms with Crippen LogP contribution in [-0.4, -0.2) is 54.8 Å². The van der Waals surface area contributed by atoms with Crippen molar-refractivity contribution < 1.29 is 4.79 Å². The highest BCUT2D eigenvalue weighted by Crippen LogP contribution is 2.24. The zero-order valence-electron chi connectivity index (χ0n) is 16.3. The monoisotopic (exact) mass is 395 g/mol. The van der Waals surface area contributed by atoms with Gasteiger partial charge in [-0.2, -0.15) is 0 Å². The van der Waals surface area contributed by atoms with Crippen molar-refractivity contribution in [1.82, 2.24) is 9.80 Å². The zero-order chi connectivity index (χ0) is 19.5. The third kappa shape index (κ3) is 4.22. The lowest BCUT2D eigenvalue weighted by Crippen LogP contribution is -2.38. The van der Waals surface area contributed by atoms with E-state index in [0.29, 0.717) is 10.9 Å². The summed E-state index contributed by atoms with van der Waals surface area (Å²) in [6.07, 6.45) is 3.18. The molecule has 0 atom stereocenters. The predicted molar refractivity (Wildman–Crippen MR) is 114 cm³/mol. The molecule has 0 spiro atoms. The Hall–Kier alpha value is -2.33. The minimum atomic E-state index is 0.112. The van der Waals surface area contributed by atoms with Crippen LogP contribution in [0.2, 0.25) is 5.02 Å². The number of benzene rings is 2. The van der Waals surface area contributed by atoms with Crippen LogP contribution in [-0.2, 0) is 6.42 Å². The Morgan fingerprint density at radius 3 is 2.32 bits per heavy atom. The molecule has 4 rings (SSSR count). The average Bonchev–Trinajstić information content (AvgIpc) is 3.15. The smallest absolute Gasteiger partial charge is 0.253 e. The van der Waals surface area contributed by atoms with E-state index in [0.717, 1.165) is 56.8 Å². The molecule has 4 nitrogen and oxygen atoms in total. The van der Waals surface area contributed by atoms with Gasteiger partial charge in [0.15, 0.2) is 0 Å². The number of hydrogen-bond acceptors (Lipinski definition) is 3. The highest BCUT2D eigenvalue weighted by Gasteiger charge is 2.24. The number of nitrogens with zero attached hydrogens (tertiary/aromatic N) is 3. The molecule has 0 aliphatic carbocycles. The number of aliphatic imine (C=N–C) groups is 1. The van der Waals surface area contributed by atoms with E-state index in [1.54, 1.807) is 12.1 Å². The number of carbonyl (C=O) groups excluding carboxylic acids is 1. The van der Waals surface area contributed by atoms with Crippen LogP contribution >= 0.6 is 11.6 Å². The standard InChI is InChI=1S/C23H26ClN3O/c1-26-15-12-25-22(26)19-4-2-17(3-5-19)16-18-10-13-27(14-11-18)23(28)20-6-8-21(24)9-7-20/h2-9,18H,10-16H2,1H3. The first-order valence-corrected chi connectivity index (χ1v) is 10.4. The maximum absolute atomic E-state index is 12.6. The van der Waals surface area contributed by atoms with Gasteiger partial charge in [-0.3, -0.25) is 9.79 Å². The Bertz CT molecular complexity index is 852. The van der Waals surface area contributed by atoms with Gasteiger partial charge in [0.05, 0.1) is 6.54 Å². The number of likely N-dealkylation sites (N-methyl/N-ethyl adjacent to an activating group) is 1. The molecule has 146 valence electrons. The summed E-state index contributed by atoms with van der Waals surface area (Å²) in [5.41, 5.74) is 3.29. The fourth-order valence-electron chi connectivity index (χ4n) is 4.08. The number of amidine groups is 1. The molecule has 0 aromatic heterocycles. The summed E-state index contributed by atoms with van der Waals surface area (Å²) < 4.78 is 0. The Morgan fingerprint density at radius 1 is 1.04 bits per heavy atom. The molecule has 2 aliphatic rings. The van der Waals surface area contributed by atoms with Gasteiger partial charge in [-0.15, -0.1) is 0 Å². The molecule has 2 heterocycles. The first kappa shape index (κ1) is 19.0. The second-order valence-electron chi connectivity index (χ2n) is 7.77. The molecule has 28 heavy (non-hydrogen) atoms. The molecule has 2 aromatic rings. The minimum Gasteiger partial charge on any atom is -0.358 e. The van der Waals surface area contributed by atoms with E-state index < -0.39 is 0 Å². The number of hydrogen-bond donors (Lipinski definition) is 0. The van der Waals surface area contributed by atoms with E-state index in [1.807, 2.05) is 17.0 Å². The summed E-state index contributed by atoms with van der Waals surface area (Å²) >= 11 is 5.92. The van der Waals surface area contributed by atoms with Gasteiger partial charge >= 0.3 is 0 Å². The molecule has 5 heteroatoms. The molecule has 0 N–H and O–H groups in total.